The van der Waals surface area contributed by atoms with Crippen LogP contribution in [0.25, 0.3) is 0 Å². The van der Waals surface area contributed by atoms with Crippen molar-refractivity contribution in [1.82, 2.24) is 5.32 Å². The lowest BCUT2D eigenvalue weighted by molar-refractivity contribution is -0.128. The number of carbonyl (C=O) groups excluding carboxylic acids is 2. The number of unbranched alkanes of at least 4 members (excludes halogenated alkanes) is 2. The summed E-state index contributed by atoms with van der Waals surface area (Å²) in [5.41, 5.74) is 1.76. The maximum absolute atomic E-state index is 11.9. The molecule has 1 aromatic rings. The molecule has 0 saturated carbocycles. The lowest BCUT2D eigenvalue weighted by atomic mass is 9.96. The highest BCUT2D eigenvalue weighted by Gasteiger charge is 2.20. The van der Waals surface area contributed by atoms with Crippen LogP contribution >= 0.6 is 0 Å². The molecule has 0 unspecified atom stereocenters. The van der Waals surface area contributed by atoms with Gasteiger partial charge in [0.25, 0.3) is 0 Å². The van der Waals surface area contributed by atoms with E-state index in [4.69, 9.17) is 0 Å². The molecule has 0 spiro atoms. The molecule has 4 heteroatoms. The Morgan fingerprint density at radius 2 is 1.67 bits per heavy atom. The minimum Gasteiger partial charge on any atom is -0.356 e. The smallest absolute Gasteiger partial charge is 0.225 e. The summed E-state index contributed by atoms with van der Waals surface area (Å²) in [7, 11) is 0. The second-order valence-corrected chi connectivity index (χ2v) is 7.31. The van der Waals surface area contributed by atoms with Gasteiger partial charge in [0, 0.05) is 24.1 Å². The third kappa shape index (κ3) is 8.14. The Kier molecular flexibility index (Phi) is 8.51. The van der Waals surface area contributed by atoms with Crippen LogP contribution < -0.4 is 10.6 Å². The average molecular weight is 332 g/mol. The number of benzene rings is 1. The summed E-state index contributed by atoms with van der Waals surface area (Å²) in [6, 6.07) is 8.07. The van der Waals surface area contributed by atoms with Gasteiger partial charge >= 0.3 is 0 Å². The highest BCUT2D eigenvalue weighted by Crippen LogP contribution is 2.13. The fraction of sp³-hybridized carbons (Fsp3) is 0.600. The van der Waals surface area contributed by atoms with E-state index in [1.807, 2.05) is 32.9 Å². The molecule has 2 amide bonds. The minimum absolute atomic E-state index is 0.0151. The molecule has 0 aliphatic heterocycles. The standard InChI is InChI=1S/C20H32N2O2/c1-5-6-7-9-16-11-13-17(14-12-16)22-18(23)10-8-15-21-19(24)20(2,3)4/h11-14H,5-10,15H2,1-4H3,(H,21,24)(H,22,23). The van der Waals surface area contributed by atoms with Gasteiger partial charge in [-0.3, -0.25) is 9.59 Å². The molecule has 0 atom stereocenters. The van der Waals surface area contributed by atoms with Crippen LogP contribution in [-0.4, -0.2) is 18.4 Å². The second-order valence-electron chi connectivity index (χ2n) is 7.31. The predicted molar refractivity (Wildman–Crippen MR) is 100.0 cm³/mol. The van der Waals surface area contributed by atoms with E-state index < -0.39 is 0 Å². The summed E-state index contributed by atoms with van der Waals surface area (Å²) >= 11 is 0. The zero-order valence-corrected chi connectivity index (χ0v) is 15.6. The van der Waals surface area contributed by atoms with E-state index in [2.05, 4.69) is 29.7 Å². The van der Waals surface area contributed by atoms with Crippen LogP contribution in [0.5, 0.6) is 0 Å². The van der Waals surface area contributed by atoms with E-state index >= 15 is 0 Å². The number of anilines is 1. The van der Waals surface area contributed by atoms with Crippen LogP contribution in [0.2, 0.25) is 0 Å². The summed E-state index contributed by atoms with van der Waals surface area (Å²) in [6.45, 7) is 8.36. The SMILES string of the molecule is CCCCCc1ccc(NC(=O)CCCNC(=O)C(C)(C)C)cc1. The van der Waals surface area contributed by atoms with Crippen molar-refractivity contribution in [2.75, 3.05) is 11.9 Å². The van der Waals surface area contributed by atoms with Gasteiger partial charge in [-0.15, -0.1) is 0 Å². The first kappa shape index (κ1) is 20.2. The predicted octanol–water partition coefficient (Wildman–Crippen LogP) is 4.30. The van der Waals surface area contributed by atoms with E-state index in [0.29, 0.717) is 19.4 Å². The van der Waals surface area contributed by atoms with Crippen LogP contribution in [0, 0.1) is 5.41 Å². The normalized spacial score (nSPS) is 11.2. The van der Waals surface area contributed by atoms with Gasteiger partial charge in [-0.05, 0) is 37.0 Å². The molecule has 1 aromatic carbocycles. The van der Waals surface area contributed by atoms with Gasteiger partial charge in [-0.2, -0.15) is 0 Å². The van der Waals surface area contributed by atoms with E-state index in [1.165, 1.54) is 24.8 Å². The largest absolute Gasteiger partial charge is 0.356 e. The summed E-state index contributed by atoms with van der Waals surface area (Å²) in [5.74, 6) is 0.000288. The number of hydrogen-bond donors (Lipinski definition) is 2. The van der Waals surface area contributed by atoms with E-state index in [-0.39, 0.29) is 17.2 Å². The second kappa shape index (κ2) is 10.1. The average Bonchev–Trinajstić information content (AvgIpc) is 2.52. The van der Waals surface area contributed by atoms with Crippen molar-refractivity contribution in [3.8, 4) is 0 Å². The summed E-state index contributed by atoms with van der Waals surface area (Å²) in [4.78, 5) is 23.6. The number of nitrogens with one attached hydrogen (secondary N) is 2. The zero-order chi connectivity index (χ0) is 18.0. The van der Waals surface area contributed by atoms with Crippen LogP contribution in [0.15, 0.2) is 24.3 Å². The molecule has 1 rings (SSSR count). The first-order valence-corrected chi connectivity index (χ1v) is 9.00. The van der Waals surface area contributed by atoms with Crippen molar-refractivity contribution >= 4 is 17.5 Å². The number of hydrogen-bond acceptors (Lipinski definition) is 2. The van der Waals surface area contributed by atoms with Gasteiger partial charge in [-0.1, -0.05) is 52.7 Å². The quantitative estimate of drug-likeness (QED) is 0.662. The van der Waals surface area contributed by atoms with Crippen molar-refractivity contribution in [3.63, 3.8) is 0 Å². The molecule has 0 saturated heterocycles. The molecule has 0 bridgehead atoms. The van der Waals surface area contributed by atoms with Crippen molar-refractivity contribution in [3.05, 3.63) is 29.8 Å². The third-order valence-corrected chi connectivity index (χ3v) is 3.85. The van der Waals surface area contributed by atoms with Crippen molar-refractivity contribution in [2.24, 2.45) is 5.41 Å². The lowest BCUT2D eigenvalue weighted by Gasteiger charge is -2.17. The van der Waals surface area contributed by atoms with Crippen LogP contribution in [0.1, 0.15) is 65.4 Å². The molecule has 134 valence electrons. The minimum atomic E-state index is -0.388. The Labute approximate surface area is 146 Å². The molecule has 4 nitrogen and oxygen atoms in total. The Morgan fingerprint density at radius 3 is 2.25 bits per heavy atom. The fourth-order valence-electron chi connectivity index (χ4n) is 2.27. The molecule has 0 aliphatic rings. The van der Waals surface area contributed by atoms with E-state index in [1.54, 1.807) is 0 Å². The molecule has 0 heterocycles. The molecule has 2 N–H and O–H groups in total. The number of amides is 2. The highest BCUT2D eigenvalue weighted by atomic mass is 16.2. The molecule has 0 fully saturated rings. The zero-order valence-electron chi connectivity index (χ0n) is 15.6. The van der Waals surface area contributed by atoms with Gasteiger partial charge in [0.15, 0.2) is 0 Å². The van der Waals surface area contributed by atoms with Gasteiger partial charge in [0.2, 0.25) is 11.8 Å². The van der Waals surface area contributed by atoms with Crippen LogP contribution in [-0.2, 0) is 16.0 Å². The highest BCUT2D eigenvalue weighted by molar-refractivity contribution is 5.90. The monoisotopic (exact) mass is 332 g/mol. The Morgan fingerprint density at radius 1 is 1.00 bits per heavy atom. The lowest BCUT2D eigenvalue weighted by Crippen LogP contribution is -2.35. The Hall–Kier alpha value is -1.84. The molecule has 0 aliphatic carbocycles. The number of carbonyl (C=O) groups is 2. The van der Waals surface area contributed by atoms with Gasteiger partial charge < -0.3 is 10.6 Å². The number of aryl methyl sites for hydroxylation is 1. The van der Waals surface area contributed by atoms with Gasteiger partial charge in [-0.25, -0.2) is 0 Å². The molecule has 24 heavy (non-hydrogen) atoms. The first-order valence-electron chi connectivity index (χ1n) is 9.00. The Balaban J connectivity index is 2.26. The molecule has 0 aromatic heterocycles. The van der Waals surface area contributed by atoms with E-state index in [9.17, 15) is 9.59 Å². The maximum Gasteiger partial charge on any atom is 0.225 e. The van der Waals surface area contributed by atoms with E-state index in [0.717, 1.165) is 12.1 Å². The summed E-state index contributed by atoms with van der Waals surface area (Å²) < 4.78 is 0. The third-order valence-electron chi connectivity index (χ3n) is 3.85. The summed E-state index contributed by atoms with van der Waals surface area (Å²) in [5, 5.41) is 5.76. The maximum atomic E-state index is 11.9. The van der Waals surface area contributed by atoms with Crippen LogP contribution in [0.4, 0.5) is 5.69 Å². The van der Waals surface area contributed by atoms with Crippen molar-refractivity contribution in [1.29, 1.82) is 0 Å². The molecular formula is C20H32N2O2. The van der Waals surface area contributed by atoms with Gasteiger partial charge in [0.1, 0.15) is 0 Å². The van der Waals surface area contributed by atoms with Crippen molar-refractivity contribution < 1.29 is 9.59 Å². The summed E-state index contributed by atoms with van der Waals surface area (Å²) in [6.07, 6.45) is 5.83. The Bertz CT molecular complexity index is 515. The molecule has 0 radical (unpaired) electrons. The van der Waals surface area contributed by atoms with Crippen LogP contribution in [0.3, 0.4) is 0 Å². The number of rotatable bonds is 9. The fourth-order valence-corrected chi connectivity index (χ4v) is 2.27. The van der Waals surface area contributed by atoms with Crippen molar-refractivity contribution in [2.45, 2.75) is 66.2 Å². The topological polar surface area (TPSA) is 58.2 Å². The molecular weight excluding hydrogens is 300 g/mol. The van der Waals surface area contributed by atoms with Gasteiger partial charge in [0.05, 0.1) is 0 Å². The first-order chi connectivity index (χ1) is 11.3.